The van der Waals surface area contributed by atoms with Gasteiger partial charge in [-0.1, -0.05) is 30.3 Å². The first-order valence-corrected chi connectivity index (χ1v) is 9.56. The topological polar surface area (TPSA) is 46.2 Å². The highest BCUT2D eigenvalue weighted by Crippen LogP contribution is 2.39. The first-order valence-electron chi connectivity index (χ1n) is 9.56. The van der Waals surface area contributed by atoms with Gasteiger partial charge in [0, 0.05) is 19.4 Å². The van der Waals surface area contributed by atoms with E-state index in [0.29, 0.717) is 17.7 Å². The lowest BCUT2D eigenvalue weighted by molar-refractivity contribution is -0.143. The SMILES string of the molecule is O=C1CCC(C(=O)NCc2cc(C(F)(F)F)cc(C(F)(F)F)c2)(c2ccccc2)CC1. The van der Waals surface area contributed by atoms with Gasteiger partial charge < -0.3 is 5.32 Å². The molecule has 1 aliphatic rings. The van der Waals surface area contributed by atoms with E-state index in [9.17, 15) is 35.9 Å². The van der Waals surface area contributed by atoms with Crippen LogP contribution in [0.3, 0.4) is 0 Å². The maximum atomic E-state index is 13.1. The quantitative estimate of drug-likeness (QED) is 0.642. The molecule has 0 atom stereocenters. The van der Waals surface area contributed by atoms with E-state index in [1.165, 1.54) is 0 Å². The fraction of sp³-hybridized carbons (Fsp3) is 0.364. The smallest absolute Gasteiger partial charge is 0.351 e. The molecule has 0 radical (unpaired) electrons. The molecule has 0 heterocycles. The Morgan fingerprint density at radius 3 is 1.87 bits per heavy atom. The molecule has 1 fully saturated rings. The number of amides is 1. The van der Waals surface area contributed by atoms with Crippen molar-refractivity contribution in [1.82, 2.24) is 5.32 Å². The molecule has 0 aliphatic heterocycles. The third kappa shape index (κ3) is 5.08. The largest absolute Gasteiger partial charge is 0.416 e. The van der Waals surface area contributed by atoms with E-state index in [4.69, 9.17) is 0 Å². The minimum absolute atomic E-state index is 0.00653. The van der Waals surface area contributed by atoms with Gasteiger partial charge in [-0.2, -0.15) is 26.3 Å². The number of hydrogen-bond acceptors (Lipinski definition) is 2. The molecular weight excluding hydrogens is 424 g/mol. The summed E-state index contributed by atoms with van der Waals surface area (Å²) in [5.41, 5.74) is -3.60. The fourth-order valence-corrected chi connectivity index (χ4v) is 3.83. The molecular formula is C22H19F6NO2. The summed E-state index contributed by atoms with van der Waals surface area (Å²) < 4.78 is 78.3. The number of halogens is 6. The van der Waals surface area contributed by atoms with Gasteiger partial charge in [0.1, 0.15) is 5.78 Å². The molecule has 1 amide bonds. The van der Waals surface area contributed by atoms with Crippen molar-refractivity contribution in [2.75, 3.05) is 0 Å². The Morgan fingerprint density at radius 2 is 1.39 bits per heavy atom. The fourth-order valence-electron chi connectivity index (χ4n) is 3.83. The molecule has 2 aromatic rings. The van der Waals surface area contributed by atoms with E-state index in [-0.39, 0.29) is 43.1 Å². The second kappa shape index (κ2) is 8.36. The Morgan fingerprint density at radius 1 is 0.871 bits per heavy atom. The average Bonchev–Trinajstić information content (AvgIpc) is 2.72. The van der Waals surface area contributed by atoms with Crippen LogP contribution >= 0.6 is 0 Å². The van der Waals surface area contributed by atoms with Gasteiger partial charge in [-0.05, 0) is 42.2 Å². The summed E-state index contributed by atoms with van der Waals surface area (Å²) >= 11 is 0. The number of ketones is 1. The van der Waals surface area contributed by atoms with Crippen LogP contribution in [0, 0.1) is 0 Å². The van der Waals surface area contributed by atoms with Crippen molar-refractivity contribution in [3.8, 4) is 0 Å². The summed E-state index contributed by atoms with van der Waals surface area (Å²) in [6.45, 7) is -0.506. The lowest BCUT2D eigenvalue weighted by atomic mass is 9.68. The van der Waals surface area contributed by atoms with Crippen LogP contribution in [0.25, 0.3) is 0 Å². The molecule has 2 aromatic carbocycles. The zero-order valence-electron chi connectivity index (χ0n) is 16.2. The van der Waals surface area contributed by atoms with Crippen molar-refractivity contribution in [2.24, 2.45) is 0 Å². The highest BCUT2D eigenvalue weighted by atomic mass is 19.4. The van der Waals surface area contributed by atoms with Crippen LogP contribution < -0.4 is 5.32 Å². The first kappa shape index (κ1) is 22.8. The van der Waals surface area contributed by atoms with Gasteiger partial charge in [0.25, 0.3) is 0 Å². The minimum Gasteiger partial charge on any atom is -0.351 e. The lowest BCUT2D eigenvalue weighted by Gasteiger charge is -2.36. The molecule has 1 saturated carbocycles. The number of nitrogens with one attached hydrogen (secondary N) is 1. The molecule has 31 heavy (non-hydrogen) atoms. The van der Waals surface area contributed by atoms with Crippen LogP contribution in [0.4, 0.5) is 26.3 Å². The van der Waals surface area contributed by atoms with Crippen LogP contribution in [-0.2, 0) is 33.9 Å². The molecule has 1 aliphatic carbocycles. The van der Waals surface area contributed by atoms with E-state index >= 15 is 0 Å². The van der Waals surface area contributed by atoms with Gasteiger partial charge in [-0.15, -0.1) is 0 Å². The molecule has 1 N–H and O–H groups in total. The second-order valence-electron chi connectivity index (χ2n) is 7.58. The molecule has 3 nitrogen and oxygen atoms in total. The molecule has 3 rings (SSSR count). The lowest BCUT2D eigenvalue weighted by Crippen LogP contribution is -2.46. The number of alkyl halides is 6. The van der Waals surface area contributed by atoms with E-state index in [2.05, 4.69) is 5.32 Å². The summed E-state index contributed by atoms with van der Waals surface area (Å²) in [6.07, 6.45) is -9.14. The number of rotatable bonds is 4. The zero-order chi connectivity index (χ0) is 22.9. The number of hydrogen-bond donors (Lipinski definition) is 1. The standard InChI is InChI=1S/C22H19F6NO2/c23-21(24,25)16-10-14(11-17(12-16)22(26,27)28)13-29-19(31)20(8-6-18(30)7-9-20)15-4-2-1-3-5-15/h1-5,10-12H,6-9,13H2,(H,29,31). The molecule has 0 spiro atoms. The van der Waals surface area contributed by atoms with Gasteiger partial charge >= 0.3 is 12.4 Å². The summed E-state index contributed by atoms with van der Waals surface area (Å²) in [4.78, 5) is 24.8. The number of carbonyl (C=O) groups excluding carboxylic acids is 2. The third-order valence-electron chi connectivity index (χ3n) is 5.52. The van der Waals surface area contributed by atoms with Crippen molar-refractivity contribution < 1.29 is 35.9 Å². The van der Waals surface area contributed by atoms with Crippen molar-refractivity contribution in [2.45, 2.75) is 50.0 Å². The van der Waals surface area contributed by atoms with Gasteiger partial charge in [-0.25, -0.2) is 0 Å². The summed E-state index contributed by atoms with van der Waals surface area (Å²) in [5.74, 6) is -0.524. The van der Waals surface area contributed by atoms with Crippen LogP contribution in [0.15, 0.2) is 48.5 Å². The van der Waals surface area contributed by atoms with E-state index in [1.807, 2.05) is 0 Å². The predicted octanol–water partition coefficient (Wildman–Crippen LogP) is 5.42. The Hall–Kier alpha value is -2.84. The molecule has 0 saturated heterocycles. The molecule has 166 valence electrons. The monoisotopic (exact) mass is 443 g/mol. The van der Waals surface area contributed by atoms with Crippen molar-refractivity contribution in [1.29, 1.82) is 0 Å². The Labute approximate surface area is 174 Å². The van der Waals surface area contributed by atoms with Crippen LogP contribution in [-0.4, -0.2) is 11.7 Å². The number of carbonyl (C=O) groups is 2. The average molecular weight is 443 g/mol. The normalized spacial score (nSPS) is 16.8. The summed E-state index contributed by atoms with van der Waals surface area (Å²) in [5, 5.41) is 2.50. The molecule has 0 aromatic heterocycles. The van der Waals surface area contributed by atoms with Crippen LogP contribution in [0.5, 0.6) is 0 Å². The van der Waals surface area contributed by atoms with Gasteiger partial charge in [0.2, 0.25) is 5.91 Å². The van der Waals surface area contributed by atoms with Gasteiger partial charge in [-0.3, -0.25) is 9.59 Å². The van der Waals surface area contributed by atoms with Crippen molar-refractivity contribution in [3.63, 3.8) is 0 Å². The zero-order valence-corrected chi connectivity index (χ0v) is 16.2. The Bertz CT molecular complexity index is 924. The third-order valence-corrected chi connectivity index (χ3v) is 5.52. The Balaban J connectivity index is 1.88. The van der Waals surface area contributed by atoms with E-state index in [1.54, 1.807) is 30.3 Å². The number of Topliss-reactive ketones (excluding diaryl/α,β-unsaturated/α-hetero) is 1. The number of benzene rings is 2. The van der Waals surface area contributed by atoms with Crippen LogP contribution in [0.1, 0.15) is 47.9 Å². The van der Waals surface area contributed by atoms with E-state index in [0.717, 1.165) is 0 Å². The predicted molar refractivity (Wildman–Crippen MR) is 99.9 cm³/mol. The molecule has 0 unspecified atom stereocenters. The van der Waals surface area contributed by atoms with Crippen LogP contribution in [0.2, 0.25) is 0 Å². The maximum absolute atomic E-state index is 13.1. The minimum atomic E-state index is -4.96. The van der Waals surface area contributed by atoms with Gasteiger partial charge in [0.15, 0.2) is 0 Å². The van der Waals surface area contributed by atoms with Crippen molar-refractivity contribution in [3.05, 3.63) is 70.8 Å². The maximum Gasteiger partial charge on any atom is 0.416 e. The molecule has 9 heteroatoms. The Kier molecular flexibility index (Phi) is 6.16. The van der Waals surface area contributed by atoms with Gasteiger partial charge in [0.05, 0.1) is 16.5 Å². The van der Waals surface area contributed by atoms with Crippen molar-refractivity contribution >= 4 is 11.7 Å². The summed E-state index contributed by atoms with van der Waals surface area (Å²) in [7, 11) is 0. The summed E-state index contributed by atoms with van der Waals surface area (Å²) in [6, 6.07) is 9.88. The highest BCUT2D eigenvalue weighted by molar-refractivity contribution is 5.91. The highest BCUT2D eigenvalue weighted by Gasteiger charge is 2.43. The second-order valence-corrected chi connectivity index (χ2v) is 7.58. The van der Waals surface area contributed by atoms with E-state index < -0.39 is 41.3 Å². The molecule has 0 bridgehead atoms. The first-order chi connectivity index (χ1) is 14.4.